The molecular weight excluding hydrogens is 310 g/mol. The minimum absolute atomic E-state index is 0.138. The molecule has 2 amide bonds. The fraction of sp³-hybridized carbons (Fsp3) is 0.412. The number of carbonyl (C=O) groups excluding carboxylic acids is 1. The summed E-state index contributed by atoms with van der Waals surface area (Å²) in [6.45, 7) is 1.13. The first-order chi connectivity index (χ1) is 11.3. The highest BCUT2D eigenvalue weighted by Crippen LogP contribution is 2.33. The van der Waals surface area contributed by atoms with Crippen LogP contribution in [0.15, 0.2) is 29.8 Å². The summed E-state index contributed by atoms with van der Waals surface area (Å²) in [5, 5.41) is 8.64. The second-order valence-electron chi connectivity index (χ2n) is 5.64. The van der Waals surface area contributed by atoms with Gasteiger partial charge in [0.2, 0.25) is 0 Å². The number of aromatic nitrogens is 1. The summed E-state index contributed by atoms with van der Waals surface area (Å²) in [7, 11) is 1.69. The molecule has 6 heteroatoms. The number of amides is 2. The van der Waals surface area contributed by atoms with Gasteiger partial charge in [0.25, 0.3) is 0 Å². The molecule has 1 aromatic carbocycles. The number of rotatable bonds is 5. The van der Waals surface area contributed by atoms with Gasteiger partial charge in [-0.25, -0.2) is 9.78 Å². The van der Waals surface area contributed by atoms with E-state index in [-0.39, 0.29) is 6.03 Å². The highest BCUT2D eigenvalue weighted by atomic mass is 32.1. The highest BCUT2D eigenvalue weighted by molar-refractivity contribution is 7.09. The molecule has 3 rings (SSSR count). The van der Waals surface area contributed by atoms with E-state index in [0.717, 1.165) is 30.0 Å². The topological polar surface area (TPSA) is 63.2 Å². The van der Waals surface area contributed by atoms with E-state index in [1.54, 1.807) is 13.3 Å². The van der Waals surface area contributed by atoms with Crippen LogP contribution in [0.4, 0.5) is 4.79 Å². The van der Waals surface area contributed by atoms with Crippen LogP contribution in [0.5, 0.6) is 5.75 Å². The molecule has 0 radical (unpaired) electrons. The number of hydrogen-bond acceptors (Lipinski definition) is 4. The third-order valence-corrected chi connectivity index (χ3v) is 4.96. The van der Waals surface area contributed by atoms with E-state index in [2.05, 4.69) is 27.8 Å². The summed E-state index contributed by atoms with van der Waals surface area (Å²) < 4.78 is 5.30. The number of urea groups is 1. The number of thiazole rings is 1. The molecule has 0 bridgehead atoms. The van der Waals surface area contributed by atoms with Gasteiger partial charge in [0.1, 0.15) is 10.8 Å². The van der Waals surface area contributed by atoms with E-state index in [1.165, 1.54) is 22.5 Å². The van der Waals surface area contributed by atoms with Gasteiger partial charge >= 0.3 is 6.03 Å². The molecule has 1 heterocycles. The maximum absolute atomic E-state index is 11.9. The molecule has 1 aliphatic rings. The van der Waals surface area contributed by atoms with Gasteiger partial charge in [-0.1, -0.05) is 6.07 Å². The van der Waals surface area contributed by atoms with Crippen LogP contribution in [0.1, 0.15) is 34.9 Å². The summed E-state index contributed by atoms with van der Waals surface area (Å²) in [4.78, 5) is 16.1. The average molecular weight is 331 g/mol. The van der Waals surface area contributed by atoms with Crippen LogP contribution in [0.3, 0.4) is 0 Å². The number of methoxy groups -OCH3 is 1. The molecule has 1 unspecified atom stereocenters. The van der Waals surface area contributed by atoms with Crippen molar-refractivity contribution >= 4 is 17.4 Å². The zero-order valence-electron chi connectivity index (χ0n) is 13.2. The second kappa shape index (κ2) is 7.46. The van der Waals surface area contributed by atoms with Crippen molar-refractivity contribution < 1.29 is 9.53 Å². The summed E-state index contributed by atoms with van der Waals surface area (Å²) in [6, 6.07) is 6.11. The van der Waals surface area contributed by atoms with E-state index in [9.17, 15) is 4.79 Å². The lowest BCUT2D eigenvalue weighted by atomic mass is 9.82. The fourth-order valence-corrected chi connectivity index (χ4v) is 3.56. The molecule has 1 aromatic heterocycles. The number of hydrogen-bond donors (Lipinski definition) is 2. The average Bonchev–Trinajstić information content (AvgIpc) is 3.11. The van der Waals surface area contributed by atoms with E-state index < -0.39 is 0 Å². The van der Waals surface area contributed by atoms with Crippen LogP contribution in [0.2, 0.25) is 0 Å². The van der Waals surface area contributed by atoms with Crippen LogP contribution in [0.25, 0.3) is 0 Å². The Labute approximate surface area is 140 Å². The van der Waals surface area contributed by atoms with Crippen molar-refractivity contribution in [1.29, 1.82) is 0 Å². The van der Waals surface area contributed by atoms with Crippen LogP contribution in [0, 0.1) is 0 Å². The quantitative estimate of drug-likeness (QED) is 0.885. The Bertz CT molecular complexity index is 658. The Hall–Kier alpha value is -2.08. The second-order valence-corrected chi connectivity index (χ2v) is 6.62. The molecule has 5 nitrogen and oxygen atoms in total. The zero-order chi connectivity index (χ0) is 16.1. The SMILES string of the molecule is COc1ccc2c(c1)CCCC2CNC(=O)NCc1nccs1. The van der Waals surface area contributed by atoms with Crippen molar-refractivity contribution in [2.24, 2.45) is 0 Å². The summed E-state index contributed by atoms with van der Waals surface area (Å²) in [6.07, 6.45) is 5.07. The number of carbonyl (C=O) groups is 1. The van der Waals surface area contributed by atoms with Crippen molar-refractivity contribution in [1.82, 2.24) is 15.6 Å². The van der Waals surface area contributed by atoms with Crippen LogP contribution in [-0.2, 0) is 13.0 Å². The molecule has 1 atom stereocenters. The first-order valence-electron chi connectivity index (χ1n) is 7.83. The molecule has 122 valence electrons. The molecular formula is C17H21N3O2S. The lowest BCUT2D eigenvalue weighted by Crippen LogP contribution is -2.38. The molecule has 0 spiro atoms. The van der Waals surface area contributed by atoms with Crippen molar-refractivity contribution in [3.63, 3.8) is 0 Å². The molecule has 0 saturated carbocycles. The summed E-state index contributed by atoms with van der Waals surface area (Å²) >= 11 is 1.54. The number of benzene rings is 1. The van der Waals surface area contributed by atoms with Gasteiger partial charge in [0.15, 0.2) is 0 Å². The maximum Gasteiger partial charge on any atom is 0.315 e. The molecule has 2 aromatic rings. The van der Waals surface area contributed by atoms with E-state index >= 15 is 0 Å². The largest absolute Gasteiger partial charge is 0.497 e. The predicted octanol–water partition coefficient (Wildman–Crippen LogP) is 3.07. The molecule has 23 heavy (non-hydrogen) atoms. The Morgan fingerprint density at radius 2 is 2.35 bits per heavy atom. The first kappa shape index (κ1) is 15.8. The van der Waals surface area contributed by atoms with Crippen molar-refractivity contribution in [3.8, 4) is 5.75 Å². The minimum Gasteiger partial charge on any atom is -0.497 e. The lowest BCUT2D eigenvalue weighted by molar-refractivity contribution is 0.239. The molecule has 0 saturated heterocycles. The molecule has 0 fully saturated rings. The van der Waals surface area contributed by atoms with Gasteiger partial charge in [0.05, 0.1) is 13.7 Å². The standard InChI is InChI=1S/C17H21N3O2S/c1-22-14-5-6-15-12(9-14)3-2-4-13(15)10-19-17(21)20-11-16-18-7-8-23-16/h5-9,13H,2-4,10-11H2,1H3,(H2,19,20,21). The Morgan fingerprint density at radius 3 is 3.13 bits per heavy atom. The van der Waals surface area contributed by atoms with Crippen molar-refractivity contribution in [2.75, 3.05) is 13.7 Å². The maximum atomic E-state index is 11.9. The summed E-state index contributed by atoms with van der Waals surface area (Å²) in [5.41, 5.74) is 2.67. The highest BCUT2D eigenvalue weighted by Gasteiger charge is 2.21. The van der Waals surface area contributed by atoms with Gasteiger partial charge < -0.3 is 15.4 Å². The van der Waals surface area contributed by atoms with Gasteiger partial charge in [-0.3, -0.25) is 0 Å². The normalized spacial score (nSPS) is 16.5. The van der Waals surface area contributed by atoms with Gasteiger partial charge in [-0.2, -0.15) is 0 Å². The lowest BCUT2D eigenvalue weighted by Gasteiger charge is -2.26. The first-order valence-corrected chi connectivity index (χ1v) is 8.71. The van der Waals surface area contributed by atoms with Crippen LogP contribution >= 0.6 is 11.3 Å². The van der Waals surface area contributed by atoms with Crippen LogP contribution < -0.4 is 15.4 Å². The Kier molecular flexibility index (Phi) is 5.12. The minimum atomic E-state index is -0.138. The smallest absolute Gasteiger partial charge is 0.315 e. The fourth-order valence-electron chi connectivity index (χ4n) is 3.00. The third-order valence-electron chi connectivity index (χ3n) is 4.18. The molecule has 1 aliphatic carbocycles. The van der Waals surface area contributed by atoms with E-state index in [0.29, 0.717) is 19.0 Å². The van der Waals surface area contributed by atoms with E-state index in [4.69, 9.17) is 4.74 Å². The van der Waals surface area contributed by atoms with Gasteiger partial charge in [-0.15, -0.1) is 11.3 Å². The number of ether oxygens (including phenoxy) is 1. The van der Waals surface area contributed by atoms with Crippen LogP contribution in [-0.4, -0.2) is 24.7 Å². The zero-order valence-corrected chi connectivity index (χ0v) is 14.0. The predicted molar refractivity (Wildman–Crippen MR) is 91.0 cm³/mol. The number of nitrogens with one attached hydrogen (secondary N) is 2. The monoisotopic (exact) mass is 331 g/mol. The van der Waals surface area contributed by atoms with Crippen molar-refractivity contribution in [3.05, 3.63) is 45.9 Å². The van der Waals surface area contributed by atoms with Gasteiger partial charge in [0, 0.05) is 24.0 Å². The Balaban J connectivity index is 1.54. The Morgan fingerprint density at radius 1 is 1.43 bits per heavy atom. The summed E-state index contributed by atoms with van der Waals surface area (Å²) in [5.74, 6) is 1.27. The number of nitrogens with zero attached hydrogens (tertiary/aromatic N) is 1. The van der Waals surface area contributed by atoms with Crippen molar-refractivity contribution in [2.45, 2.75) is 31.7 Å². The molecule has 2 N–H and O–H groups in total. The van der Waals surface area contributed by atoms with Gasteiger partial charge in [-0.05, 0) is 42.5 Å². The van der Waals surface area contributed by atoms with E-state index in [1.807, 2.05) is 11.4 Å². The molecule has 0 aliphatic heterocycles. The number of aryl methyl sites for hydroxylation is 1. The third kappa shape index (κ3) is 4.01. The number of fused-ring (bicyclic) bond motifs is 1.